The molecule has 0 aliphatic heterocycles. The van der Waals surface area contributed by atoms with E-state index >= 15 is 0 Å². The smallest absolute Gasteiger partial charge is 0.282 e. The third-order valence-electron chi connectivity index (χ3n) is 5.95. The monoisotopic (exact) mass is 559 g/mol. The molecule has 2 aromatic heterocycles. The van der Waals surface area contributed by atoms with E-state index in [0.29, 0.717) is 46.2 Å². The molecular formula is C29H26BrN3O4. The van der Waals surface area contributed by atoms with Gasteiger partial charge in [0.05, 0.1) is 34.3 Å². The average molecular weight is 560 g/mol. The van der Waals surface area contributed by atoms with Crippen molar-refractivity contribution in [2.45, 2.75) is 33.3 Å². The number of hydrogen-bond donors (Lipinski definition) is 0. The van der Waals surface area contributed by atoms with Crippen LogP contribution in [0.4, 0.5) is 0 Å². The van der Waals surface area contributed by atoms with E-state index in [0.717, 1.165) is 21.8 Å². The van der Waals surface area contributed by atoms with Gasteiger partial charge < -0.3 is 13.9 Å². The number of rotatable bonds is 8. The molecule has 5 aromatic rings. The van der Waals surface area contributed by atoms with Crippen LogP contribution in [0.25, 0.3) is 33.5 Å². The van der Waals surface area contributed by atoms with Crippen molar-refractivity contribution < 1.29 is 13.9 Å². The van der Waals surface area contributed by atoms with E-state index in [1.807, 2.05) is 68.4 Å². The van der Waals surface area contributed by atoms with Gasteiger partial charge >= 0.3 is 0 Å². The Kier molecular flexibility index (Phi) is 7.10. The van der Waals surface area contributed by atoms with E-state index in [9.17, 15) is 4.79 Å². The molecule has 0 N–H and O–H groups in total. The van der Waals surface area contributed by atoms with Crippen LogP contribution in [0.2, 0.25) is 0 Å². The molecule has 8 heteroatoms. The number of nitrogens with zero attached hydrogens (tertiary/aromatic N) is 3. The number of fused-ring (bicyclic) bond motifs is 2. The molecule has 2 heterocycles. The molecule has 0 bridgehead atoms. The molecule has 0 saturated carbocycles. The van der Waals surface area contributed by atoms with Gasteiger partial charge in [-0.15, -0.1) is 0 Å². The van der Waals surface area contributed by atoms with Crippen molar-refractivity contribution in [3.8, 4) is 23.1 Å². The lowest BCUT2D eigenvalue weighted by Crippen LogP contribution is -2.20. The lowest BCUT2D eigenvalue weighted by atomic mass is 10.2. The van der Waals surface area contributed by atoms with Gasteiger partial charge in [0.2, 0.25) is 5.82 Å². The van der Waals surface area contributed by atoms with E-state index in [1.54, 1.807) is 18.3 Å². The molecule has 5 rings (SSSR count). The van der Waals surface area contributed by atoms with Crippen LogP contribution in [0.15, 0.2) is 85.5 Å². The SMILES string of the molecule is CCOc1cc(C=Nn2c(-c3cc4ccccc4o3)nc3ccccc3c2=O)cc(Br)c1O[C@@H](C)CC. The lowest BCUT2D eigenvalue weighted by molar-refractivity contribution is 0.202. The van der Waals surface area contributed by atoms with Gasteiger partial charge in [-0.2, -0.15) is 9.78 Å². The number of benzene rings is 3. The lowest BCUT2D eigenvalue weighted by Gasteiger charge is -2.18. The Morgan fingerprint density at radius 1 is 1.11 bits per heavy atom. The summed E-state index contributed by atoms with van der Waals surface area (Å²) < 4.78 is 20.0. The van der Waals surface area contributed by atoms with E-state index in [2.05, 4.69) is 28.0 Å². The van der Waals surface area contributed by atoms with Crippen LogP contribution in [0.1, 0.15) is 32.8 Å². The molecule has 0 spiro atoms. The zero-order chi connectivity index (χ0) is 25.9. The predicted molar refractivity (Wildman–Crippen MR) is 150 cm³/mol. The molecule has 0 radical (unpaired) electrons. The molecule has 0 amide bonds. The first kappa shape index (κ1) is 24.8. The minimum Gasteiger partial charge on any atom is -0.490 e. The summed E-state index contributed by atoms with van der Waals surface area (Å²) in [6.07, 6.45) is 2.50. The standard InChI is InChI=1S/C29H26BrN3O4/c1-4-18(3)36-27-22(30)14-19(15-25(27)35-5-2)17-31-33-28(26-16-20-10-6-9-13-24(20)37-26)32-23-12-8-7-11-21(23)29(33)34/h6-18H,4-5H2,1-3H3/t18-/m0/s1. The summed E-state index contributed by atoms with van der Waals surface area (Å²) in [6, 6.07) is 20.4. The molecule has 0 unspecified atom stereocenters. The Morgan fingerprint density at radius 2 is 1.89 bits per heavy atom. The molecule has 1 atom stereocenters. The fraction of sp³-hybridized carbons (Fsp3) is 0.207. The highest BCUT2D eigenvalue weighted by Crippen LogP contribution is 2.37. The Bertz CT molecular complexity index is 1640. The summed E-state index contributed by atoms with van der Waals surface area (Å²) in [4.78, 5) is 18.3. The van der Waals surface area contributed by atoms with Crippen LogP contribution >= 0.6 is 15.9 Å². The van der Waals surface area contributed by atoms with Crippen molar-refractivity contribution in [2.24, 2.45) is 5.10 Å². The third-order valence-corrected chi connectivity index (χ3v) is 6.54. The maximum Gasteiger partial charge on any atom is 0.282 e. The molecule has 37 heavy (non-hydrogen) atoms. The zero-order valence-corrected chi connectivity index (χ0v) is 22.4. The van der Waals surface area contributed by atoms with Gasteiger partial charge in [-0.25, -0.2) is 4.98 Å². The molecule has 0 saturated heterocycles. The summed E-state index contributed by atoms with van der Waals surface area (Å²) >= 11 is 3.61. The van der Waals surface area contributed by atoms with Crippen LogP contribution in [0.3, 0.4) is 0 Å². The van der Waals surface area contributed by atoms with Crippen molar-refractivity contribution >= 4 is 44.0 Å². The topological polar surface area (TPSA) is 78.9 Å². The Hall–Kier alpha value is -3.91. The highest BCUT2D eigenvalue weighted by Gasteiger charge is 2.17. The van der Waals surface area contributed by atoms with Gasteiger partial charge in [-0.3, -0.25) is 4.79 Å². The fourth-order valence-electron chi connectivity index (χ4n) is 3.93. The number of halogens is 1. The Morgan fingerprint density at radius 3 is 2.68 bits per heavy atom. The molecule has 188 valence electrons. The van der Waals surface area contributed by atoms with Gasteiger partial charge in [0, 0.05) is 5.39 Å². The number of aromatic nitrogens is 2. The van der Waals surface area contributed by atoms with Crippen molar-refractivity contribution in [3.63, 3.8) is 0 Å². The van der Waals surface area contributed by atoms with Gasteiger partial charge in [0.15, 0.2) is 17.3 Å². The molecular weight excluding hydrogens is 534 g/mol. The van der Waals surface area contributed by atoms with E-state index in [-0.39, 0.29) is 11.7 Å². The van der Waals surface area contributed by atoms with Crippen LogP contribution < -0.4 is 15.0 Å². The van der Waals surface area contributed by atoms with Crippen LogP contribution in [-0.2, 0) is 0 Å². The zero-order valence-electron chi connectivity index (χ0n) is 20.8. The van der Waals surface area contributed by atoms with E-state index in [1.165, 1.54) is 4.68 Å². The maximum absolute atomic E-state index is 13.5. The van der Waals surface area contributed by atoms with Gasteiger partial charge in [0.1, 0.15) is 5.58 Å². The van der Waals surface area contributed by atoms with Crippen LogP contribution in [-0.4, -0.2) is 28.6 Å². The summed E-state index contributed by atoms with van der Waals surface area (Å²) in [7, 11) is 0. The summed E-state index contributed by atoms with van der Waals surface area (Å²) in [5.41, 5.74) is 1.71. The normalized spacial score (nSPS) is 12.4. The molecule has 0 fully saturated rings. The van der Waals surface area contributed by atoms with Gasteiger partial charge in [0.25, 0.3) is 5.56 Å². The van der Waals surface area contributed by atoms with Crippen molar-refractivity contribution in [2.75, 3.05) is 6.61 Å². The Labute approximate surface area is 222 Å². The highest BCUT2D eigenvalue weighted by molar-refractivity contribution is 9.10. The first-order valence-electron chi connectivity index (χ1n) is 12.2. The van der Waals surface area contributed by atoms with Gasteiger partial charge in [-0.1, -0.05) is 37.3 Å². The molecule has 3 aromatic carbocycles. The highest BCUT2D eigenvalue weighted by atomic mass is 79.9. The second kappa shape index (κ2) is 10.6. The summed E-state index contributed by atoms with van der Waals surface area (Å²) in [5, 5.41) is 5.94. The minimum atomic E-state index is -0.293. The minimum absolute atomic E-state index is 0.0311. The van der Waals surface area contributed by atoms with Crippen molar-refractivity contribution in [1.29, 1.82) is 0 Å². The molecule has 7 nitrogen and oxygen atoms in total. The second-order valence-electron chi connectivity index (χ2n) is 8.56. The van der Waals surface area contributed by atoms with E-state index < -0.39 is 0 Å². The first-order chi connectivity index (χ1) is 18.0. The number of ether oxygens (including phenoxy) is 2. The van der Waals surface area contributed by atoms with Crippen molar-refractivity contribution in [1.82, 2.24) is 9.66 Å². The average Bonchev–Trinajstić information content (AvgIpc) is 3.34. The maximum atomic E-state index is 13.5. The van der Waals surface area contributed by atoms with Crippen LogP contribution in [0.5, 0.6) is 11.5 Å². The first-order valence-corrected chi connectivity index (χ1v) is 13.0. The summed E-state index contributed by atoms with van der Waals surface area (Å²) in [6.45, 7) is 6.47. The largest absolute Gasteiger partial charge is 0.490 e. The van der Waals surface area contributed by atoms with E-state index in [4.69, 9.17) is 18.9 Å². The quantitative estimate of drug-likeness (QED) is 0.191. The van der Waals surface area contributed by atoms with Gasteiger partial charge in [-0.05, 0) is 78.2 Å². The summed E-state index contributed by atoms with van der Waals surface area (Å²) in [5.74, 6) is 2.01. The third kappa shape index (κ3) is 5.02. The number of furan rings is 1. The number of para-hydroxylation sites is 2. The fourth-order valence-corrected chi connectivity index (χ4v) is 4.48. The van der Waals surface area contributed by atoms with Crippen molar-refractivity contribution in [3.05, 3.63) is 87.1 Å². The second-order valence-corrected chi connectivity index (χ2v) is 9.42. The number of hydrogen-bond acceptors (Lipinski definition) is 6. The molecule has 0 aliphatic rings. The van der Waals surface area contributed by atoms with Crippen LogP contribution in [0, 0.1) is 0 Å². The molecule has 0 aliphatic carbocycles. The predicted octanol–water partition coefficient (Wildman–Crippen LogP) is 7.03. The Balaban J connectivity index is 1.63.